The van der Waals surface area contributed by atoms with Crippen molar-refractivity contribution in [2.75, 3.05) is 0 Å². The summed E-state index contributed by atoms with van der Waals surface area (Å²) in [6.07, 6.45) is 2.09. The van der Waals surface area contributed by atoms with Crippen LogP contribution in [0.1, 0.15) is 33.4 Å². The lowest BCUT2D eigenvalue weighted by Crippen LogP contribution is -2.35. The van der Waals surface area contributed by atoms with Crippen LogP contribution in [0.5, 0.6) is 0 Å². The Bertz CT molecular complexity index is 1760. The fraction of sp³-hybridized carbons (Fsp3) is 0.0909. The Kier molecular flexibility index (Phi) is 2.71. The first-order chi connectivity index (χ1) is 16.3. The van der Waals surface area contributed by atoms with Crippen LogP contribution < -0.4 is 0 Å². The van der Waals surface area contributed by atoms with E-state index in [0.29, 0.717) is 0 Å². The van der Waals surface area contributed by atoms with Crippen molar-refractivity contribution in [3.63, 3.8) is 0 Å². The van der Waals surface area contributed by atoms with Gasteiger partial charge in [-0.15, -0.1) is 0 Å². The molecule has 0 saturated carbocycles. The third-order valence-corrected chi connectivity index (χ3v) is 8.71. The van der Waals surface area contributed by atoms with Crippen molar-refractivity contribution < 1.29 is 0 Å². The van der Waals surface area contributed by atoms with Crippen LogP contribution in [0, 0.1) is 0 Å². The number of fused-ring (bicyclic) bond motifs is 6. The minimum absolute atomic E-state index is 0.0887. The van der Waals surface area contributed by atoms with E-state index in [1.54, 1.807) is 16.7 Å². The van der Waals surface area contributed by atoms with Crippen molar-refractivity contribution in [2.24, 2.45) is 0 Å². The van der Waals surface area contributed by atoms with Gasteiger partial charge in [0.15, 0.2) is 0 Å². The molecule has 0 radical (unpaired) electrons. The molecular weight excluding hydrogens is 396 g/mol. The number of rotatable bonds is 0. The molecule has 5 aromatic carbocycles. The monoisotopic (exact) mass is 416 g/mol. The maximum Gasteiger partial charge on any atom is 0.0519 e. The van der Waals surface area contributed by atoms with Gasteiger partial charge in [-0.3, -0.25) is 0 Å². The summed E-state index contributed by atoms with van der Waals surface area (Å²) in [6.45, 7) is 0. The van der Waals surface area contributed by atoms with E-state index in [4.69, 9.17) is 0 Å². The Morgan fingerprint density at radius 3 is 2.12 bits per heavy atom. The first-order valence-electron chi connectivity index (χ1n) is 12.0. The van der Waals surface area contributed by atoms with Crippen molar-refractivity contribution in [1.29, 1.82) is 0 Å². The van der Waals surface area contributed by atoms with Crippen LogP contribution in [-0.4, -0.2) is 0 Å². The summed E-state index contributed by atoms with van der Waals surface area (Å²) >= 11 is 0. The molecule has 1 unspecified atom stereocenters. The lowest BCUT2D eigenvalue weighted by molar-refractivity contribution is 0.667. The van der Waals surface area contributed by atoms with Crippen molar-refractivity contribution in [1.82, 2.24) is 0 Å². The Hall–Kier alpha value is -3.90. The topological polar surface area (TPSA) is 0 Å². The summed E-state index contributed by atoms with van der Waals surface area (Å²) < 4.78 is 0. The first-order valence-corrected chi connectivity index (χ1v) is 12.0. The van der Waals surface area contributed by atoms with Crippen LogP contribution in [0.2, 0.25) is 0 Å². The number of allylic oxidation sites excluding steroid dienone is 2. The third kappa shape index (κ3) is 1.73. The Balaban J connectivity index is 1.54. The van der Waals surface area contributed by atoms with Crippen LogP contribution in [0.4, 0.5) is 0 Å². The van der Waals surface area contributed by atoms with Gasteiger partial charge >= 0.3 is 0 Å². The van der Waals surface area contributed by atoms with E-state index in [2.05, 4.69) is 97.1 Å². The van der Waals surface area contributed by atoms with Crippen molar-refractivity contribution >= 4 is 21.9 Å². The summed E-state index contributed by atoms with van der Waals surface area (Å²) in [7, 11) is 0. The van der Waals surface area contributed by atoms with Gasteiger partial charge in [0.2, 0.25) is 0 Å². The average molecular weight is 417 g/mol. The maximum atomic E-state index is 2.51. The zero-order chi connectivity index (χ0) is 21.3. The molecule has 0 amide bonds. The van der Waals surface area contributed by atoms with E-state index in [1.165, 1.54) is 60.8 Å². The van der Waals surface area contributed by atoms with E-state index in [9.17, 15) is 0 Å². The van der Waals surface area contributed by atoms with Gasteiger partial charge in [0.1, 0.15) is 0 Å². The Morgan fingerprint density at radius 1 is 0.545 bits per heavy atom. The van der Waals surface area contributed by atoms with Gasteiger partial charge in [-0.1, -0.05) is 84.9 Å². The number of hydrogen-bond donors (Lipinski definition) is 0. The van der Waals surface area contributed by atoms with Crippen LogP contribution in [-0.2, 0) is 18.3 Å². The van der Waals surface area contributed by atoms with Crippen LogP contribution >= 0.6 is 0 Å². The highest BCUT2D eigenvalue weighted by Crippen LogP contribution is 2.68. The Labute approximate surface area is 192 Å². The zero-order valence-electron chi connectivity index (χ0n) is 18.2. The SMILES string of the molecule is c1ccc2c(c1)CC13C4=C2Cc2cccc(c24)-c2cccc(c21)-c1cc2ccccc2cc13. The number of hydrogen-bond acceptors (Lipinski definition) is 0. The minimum Gasteiger partial charge on any atom is -0.0620 e. The van der Waals surface area contributed by atoms with Crippen LogP contribution in [0.15, 0.2) is 97.1 Å². The summed E-state index contributed by atoms with van der Waals surface area (Å²) in [5, 5.41) is 2.68. The van der Waals surface area contributed by atoms with E-state index in [-0.39, 0.29) is 5.41 Å². The zero-order valence-corrected chi connectivity index (χ0v) is 18.2. The molecule has 0 bridgehead atoms. The van der Waals surface area contributed by atoms with E-state index in [0.717, 1.165) is 12.8 Å². The quantitative estimate of drug-likeness (QED) is 0.241. The van der Waals surface area contributed by atoms with Crippen LogP contribution in [0.3, 0.4) is 0 Å². The van der Waals surface area contributed by atoms with E-state index < -0.39 is 0 Å². The molecule has 0 fully saturated rings. The lowest BCUT2D eigenvalue weighted by atomic mass is 9.58. The maximum absolute atomic E-state index is 2.51. The predicted molar refractivity (Wildman–Crippen MR) is 136 cm³/mol. The summed E-state index contributed by atoms with van der Waals surface area (Å²) in [6, 6.07) is 37.0. The molecule has 152 valence electrons. The molecule has 0 saturated heterocycles. The molecule has 4 aliphatic rings. The summed E-state index contributed by atoms with van der Waals surface area (Å²) in [5.41, 5.74) is 17.8. The van der Waals surface area contributed by atoms with Gasteiger partial charge in [-0.05, 0) is 103 Å². The molecule has 0 N–H and O–H groups in total. The minimum atomic E-state index is -0.0887. The molecule has 1 spiro atoms. The molecule has 4 aliphatic carbocycles. The molecular formula is C33H20. The molecule has 33 heavy (non-hydrogen) atoms. The van der Waals surface area contributed by atoms with Crippen molar-refractivity contribution in [3.8, 4) is 22.3 Å². The van der Waals surface area contributed by atoms with Crippen molar-refractivity contribution in [2.45, 2.75) is 18.3 Å². The molecule has 0 nitrogen and oxygen atoms in total. The molecule has 5 aromatic rings. The molecule has 1 atom stereocenters. The first kappa shape index (κ1) is 16.7. The Morgan fingerprint density at radius 2 is 1.21 bits per heavy atom. The predicted octanol–water partition coefficient (Wildman–Crippen LogP) is 7.81. The normalized spacial score (nSPS) is 19.9. The molecule has 0 heterocycles. The second-order valence-corrected chi connectivity index (χ2v) is 10.1. The van der Waals surface area contributed by atoms with Gasteiger partial charge in [0.25, 0.3) is 0 Å². The van der Waals surface area contributed by atoms with E-state index in [1.807, 2.05) is 0 Å². The molecule has 0 heteroatoms. The van der Waals surface area contributed by atoms with Gasteiger partial charge in [0.05, 0.1) is 5.41 Å². The smallest absolute Gasteiger partial charge is 0.0519 e. The van der Waals surface area contributed by atoms with E-state index >= 15 is 0 Å². The van der Waals surface area contributed by atoms with Gasteiger partial charge < -0.3 is 0 Å². The summed E-state index contributed by atoms with van der Waals surface area (Å²) in [4.78, 5) is 0. The fourth-order valence-corrected chi connectivity index (χ4v) is 7.60. The highest BCUT2D eigenvalue weighted by Gasteiger charge is 2.55. The largest absolute Gasteiger partial charge is 0.0620 e. The lowest BCUT2D eigenvalue weighted by Gasteiger charge is -2.43. The third-order valence-electron chi connectivity index (χ3n) is 8.71. The second kappa shape index (κ2) is 5.35. The fourth-order valence-electron chi connectivity index (χ4n) is 7.60. The highest BCUT2D eigenvalue weighted by atomic mass is 14.6. The van der Waals surface area contributed by atoms with Gasteiger partial charge in [-0.25, -0.2) is 0 Å². The van der Waals surface area contributed by atoms with Crippen molar-refractivity contribution in [3.05, 3.63) is 130 Å². The molecule has 0 aromatic heterocycles. The second-order valence-electron chi connectivity index (χ2n) is 10.1. The van der Waals surface area contributed by atoms with Crippen LogP contribution in [0.25, 0.3) is 44.2 Å². The molecule has 9 rings (SSSR count). The molecule has 0 aliphatic heterocycles. The van der Waals surface area contributed by atoms with Gasteiger partial charge in [-0.2, -0.15) is 0 Å². The highest BCUT2D eigenvalue weighted by molar-refractivity contribution is 6.15. The number of benzene rings is 5. The van der Waals surface area contributed by atoms with Gasteiger partial charge in [0, 0.05) is 0 Å². The summed E-state index contributed by atoms with van der Waals surface area (Å²) in [5.74, 6) is 0. The average Bonchev–Trinajstić information content (AvgIpc) is 3.38. The standard InChI is InChI=1S/C33H20/c1-2-8-20-17-29-27(15-19(20)7-1)26-14-6-13-25-24-12-5-10-21-16-28-23-11-4-3-9-22(23)18-33(29,31(25)26)32(28)30(21)24/h1-15,17H,16,18H2.